The maximum Gasteiger partial charge on any atom is 0.205 e. The Morgan fingerprint density at radius 1 is 1.29 bits per heavy atom. The van der Waals surface area contributed by atoms with Gasteiger partial charge in [-0.1, -0.05) is 6.92 Å². The lowest BCUT2D eigenvalue weighted by Gasteiger charge is -2.31. The number of likely N-dealkylation sites (tertiary alicyclic amines) is 1. The first-order valence-corrected chi connectivity index (χ1v) is 7.29. The van der Waals surface area contributed by atoms with E-state index in [0.717, 1.165) is 29.2 Å². The predicted octanol–water partition coefficient (Wildman–Crippen LogP) is 1.49. The lowest BCUT2D eigenvalue weighted by Crippen LogP contribution is -2.37. The van der Waals surface area contributed by atoms with Crippen molar-refractivity contribution in [2.75, 3.05) is 38.1 Å². The van der Waals surface area contributed by atoms with Gasteiger partial charge in [0, 0.05) is 37.6 Å². The van der Waals surface area contributed by atoms with E-state index in [0.29, 0.717) is 0 Å². The van der Waals surface area contributed by atoms with Crippen LogP contribution in [0.4, 0.5) is 5.13 Å². The number of fused-ring (bicyclic) bond motifs is 1. The highest BCUT2D eigenvalue weighted by Crippen LogP contribution is 2.34. The van der Waals surface area contributed by atoms with E-state index in [2.05, 4.69) is 33.1 Å². The van der Waals surface area contributed by atoms with Crippen LogP contribution in [0.15, 0.2) is 0 Å². The van der Waals surface area contributed by atoms with E-state index in [4.69, 9.17) is 0 Å². The molecule has 4 nitrogen and oxygen atoms in total. The van der Waals surface area contributed by atoms with Gasteiger partial charge in [-0.25, -0.2) is 4.98 Å². The number of nitrogens with zero attached hydrogens (tertiary/aromatic N) is 4. The van der Waals surface area contributed by atoms with Crippen LogP contribution in [-0.4, -0.2) is 47.5 Å². The summed E-state index contributed by atoms with van der Waals surface area (Å²) >= 11 is 1.57. The van der Waals surface area contributed by atoms with Crippen molar-refractivity contribution in [1.29, 1.82) is 0 Å². The molecule has 3 rings (SSSR count). The molecule has 2 aliphatic heterocycles. The van der Waals surface area contributed by atoms with Gasteiger partial charge in [0.1, 0.15) is 5.82 Å². The summed E-state index contributed by atoms with van der Waals surface area (Å²) in [5.74, 6) is 2.71. The van der Waals surface area contributed by atoms with Crippen molar-refractivity contribution in [1.82, 2.24) is 14.3 Å². The summed E-state index contributed by atoms with van der Waals surface area (Å²) in [4.78, 5) is 9.52. The molecule has 3 heterocycles. The van der Waals surface area contributed by atoms with Gasteiger partial charge in [0.15, 0.2) is 0 Å². The van der Waals surface area contributed by atoms with Crippen LogP contribution < -0.4 is 4.90 Å². The van der Waals surface area contributed by atoms with Gasteiger partial charge in [0.25, 0.3) is 0 Å². The topological polar surface area (TPSA) is 32.3 Å². The Labute approximate surface area is 107 Å². The molecule has 0 bridgehead atoms. The Morgan fingerprint density at radius 2 is 2.12 bits per heavy atom. The number of aromatic nitrogens is 2. The molecule has 2 unspecified atom stereocenters. The lowest BCUT2D eigenvalue weighted by atomic mass is 9.89. The monoisotopic (exact) mass is 252 g/mol. The van der Waals surface area contributed by atoms with Crippen LogP contribution in [0, 0.1) is 11.8 Å². The Bertz CT molecular complexity index is 392. The smallest absolute Gasteiger partial charge is 0.205 e. The fourth-order valence-corrected chi connectivity index (χ4v) is 3.79. The zero-order valence-corrected chi connectivity index (χ0v) is 11.4. The van der Waals surface area contributed by atoms with Crippen LogP contribution in [0.1, 0.15) is 19.2 Å². The van der Waals surface area contributed by atoms with Gasteiger partial charge in [0.2, 0.25) is 5.13 Å². The van der Waals surface area contributed by atoms with Crippen molar-refractivity contribution in [2.45, 2.75) is 19.8 Å². The highest BCUT2D eigenvalue weighted by Gasteiger charge is 2.37. The first-order valence-electron chi connectivity index (χ1n) is 6.52. The van der Waals surface area contributed by atoms with E-state index in [-0.39, 0.29) is 0 Å². The van der Waals surface area contributed by atoms with Gasteiger partial charge in [-0.05, 0) is 31.8 Å². The van der Waals surface area contributed by atoms with Crippen LogP contribution in [0.2, 0.25) is 0 Å². The maximum atomic E-state index is 4.61. The SMILES string of the molecule is CCc1nsc(N2CC3CCN(C)CC3C2)n1. The number of aryl methyl sites for hydroxylation is 1. The Morgan fingerprint density at radius 3 is 2.88 bits per heavy atom. The minimum Gasteiger partial charge on any atom is -0.346 e. The molecule has 0 N–H and O–H groups in total. The molecule has 0 spiro atoms. The Hall–Kier alpha value is -0.680. The highest BCUT2D eigenvalue weighted by molar-refractivity contribution is 7.09. The highest BCUT2D eigenvalue weighted by atomic mass is 32.1. The molecule has 1 aromatic rings. The summed E-state index contributed by atoms with van der Waals surface area (Å²) < 4.78 is 4.39. The number of rotatable bonds is 2. The van der Waals surface area contributed by atoms with Crippen molar-refractivity contribution in [3.05, 3.63) is 5.82 Å². The number of anilines is 1. The van der Waals surface area contributed by atoms with Gasteiger partial charge >= 0.3 is 0 Å². The molecule has 17 heavy (non-hydrogen) atoms. The molecule has 2 saturated heterocycles. The standard InChI is InChI=1S/C12H20N4S/c1-3-11-13-12(17-14-11)16-7-9-4-5-15(2)6-10(9)8-16/h9-10H,3-8H2,1-2H3. The summed E-state index contributed by atoms with van der Waals surface area (Å²) in [5.41, 5.74) is 0. The van der Waals surface area contributed by atoms with E-state index >= 15 is 0 Å². The molecular formula is C12H20N4S. The van der Waals surface area contributed by atoms with Crippen LogP contribution in [0.3, 0.4) is 0 Å². The second-order valence-corrected chi connectivity index (χ2v) is 6.05. The zero-order valence-electron chi connectivity index (χ0n) is 10.6. The van der Waals surface area contributed by atoms with Crippen LogP contribution in [0.25, 0.3) is 0 Å². The summed E-state index contributed by atoms with van der Waals surface area (Å²) in [6, 6.07) is 0. The van der Waals surface area contributed by atoms with Crippen molar-refractivity contribution in [3.63, 3.8) is 0 Å². The van der Waals surface area contributed by atoms with Crippen molar-refractivity contribution >= 4 is 16.7 Å². The molecule has 0 aliphatic carbocycles. The first kappa shape index (κ1) is 11.4. The molecule has 0 radical (unpaired) electrons. The van der Waals surface area contributed by atoms with Gasteiger partial charge < -0.3 is 9.80 Å². The summed E-state index contributed by atoms with van der Waals surface area (Å²) in [6.07, 6.45) is 2.29. The maximum absolute atomic E-state index is 4.61. The zero-order chi connectivity index (χ0) is 11.8. The van der Waals surface area contributed by atoms with E-state index in [1.54, 1.807) is 11.5 Å². The summed E-state index contributed by atoms with van der Waals surface area (Å²) in [6.45, 7) is 6.99. The number of hydrogen-bond acceptors (Lipinski definition) is 5. The molecule has 0 aromatic carbocycles. The summed E-state index contributed by atoms with van der Waals surface area (Å²) in [5, 5.41) is 1.14. The molecule has 94 valence electrons. The minimum atomic E-state index is 0.836. The summed E-state index contributed by atoms with van der Waals surface area (Å²) in [7, 11) is 2.24. The molecule has 0 amide bonds. The van der Waals surface area contributed by atoms with E-state index in [1.807, 2.05) is 0 Å². The molecular weight excluding hydrogens is 232 g/mol. The van der Waals surface area contributed by atoms with Gasteiger partial charge in [-0.2, -0.15) is 4.37 Å². The van der Waals surface area contributed by atoms with E-state index in [1.165, 1.54) is 32.6 Å². The van der Waals surface area contributed by atoms with Gasteiger partial charge in [0.05, 0.1) is 0 Å². The van der Waals surface area contributed by atoms with Crippen LogP contribution >= 0.6 is 11.5 Å². The third kappa shape index (κ3) is 2.18. The fourth-order valence-electron chi connectivity index (χ4n) is 3.02. The molecule has 2 atom stereocenters. The molecule has 5 heteroatoms. The molecule has 2 aliphatic rings. The fraction of sp³-hybridized carbons (Fsp3) is 0.833. The number of piperidine rings is 1. The first-order chi connectivity index (χ1) is 8.26. The Kier molecular flexibility index (Phi) is 3.04. The second kappa shape index (κ2) is 4.53. The molecule has 0 saturated carbocycles. The number of hydrogen-bond donors (Lipinski definition) is 0. The predicted molar refractivity (Wildman–Crippen MR) is 70.6 cm³/mol. The largest absolute Gasteiger partial charge is 0.346 e. The third-order valence-electron chi connectivity index (χ3n) is 4.05. The average molecular weight is 252 g/mol. The third-order valence-corrected chi connectivity index (χ3v) is 4.86. The van der Waals surface area contributed by atoms with Crippen LogP contribution in [0.5, 0.6) is 0 Å². The van der Waals surface area contributed by atoms with Gasteiger partial charge in [-0.15, -0.1) is 0 Å². The van der Waals surface area contributed by atoms with E-state index in [9.17, 15) is 0 Å². The van der Waals surface area contributed by atoms with E-state index < -0.39 is 0 Å². The quantitative estimate of drug-likeness (QED) is 0.798. The molecule has 1 aromatic heterocycles. The normalized spacial score (nSPS) is 29.6. The average Bonchev–Trinajstić information content (AvgIpc) is 2.93. The van der Waals surface area contributed by atoms with Crippen molar-refractivity contribution in [3.8, 4) is 0 Å². The van der Waals surface area contributed by atoms with Gasteiger partial charge in [-0.3, -0.25) is 0 Å². The Balaban J connectivity index is 1.70. The van der Waals surface area contributed by atoms with Crippen LogP contribution in [-0.2, 0) is 6.42 Å². The lowest BCUT2D eigenvalue weighted by molar-refractivity contribution is 0.178. The van der Waals surface area contributed by atoms with Crippen molar-refractivity contribution in [2.24, 2.45) is 11.8 Å². The van der Waals surface area contributed by atoms with Crippen molar-refractivity contribution < 1.29 is 0 Å². The molecule has 2 fully saturated rings. The second-order valence-electron chi connectivity index (χ2n) is 5.32. The minimum absolute atomic E-state index is 0.836.